The van der Waals surface area contributed by atoms with Crippen LogP contribution in [0.5, 0.6) is 5.75 Å². The number of benzene rings is 1. The number of para-hydroxylation sites is 1. The maximum absolute atomic E-state index is 13.3. The third-order valence-corrected chi connectivity index (χ3v) is 7.16. The number of ether oxygens (including phenoxy) is 1. The number of fused-ring (bicyclic) bond motifs is 1. The lowest BCUT2D eigenvalue weighted by atomic mass is 10.2. The maximum atomic E-state index is 13.3. The van der Waals surface area contributed by atoms with Crippen molar-refractivity contribution in [2.24, 2.45) is 0 Å². The summed E-state index contributed by atoms with van der Waals surface area (Å²) < 4.78 is 5.68. The van der Waals surface area contributed by atoms with Crippen molar-refractivity contribution in [1.82, 2.24) is 19.8 Å². The molecule has 36 heavy (non-hydrogen) atoms. The summed E-state index contributed by atoms with van der Waals surface area (Å²) >= 11 is 0. The molecule has 4 heterocycles. The minimum absolute atomic E-state index is 0.0135. The molecule has 0 N–H and O–H groups in total. The molecule has 0 radical (unpaired) electrons. The summed E-state index contributed by atoms with van der Waals surface area (Å²) in [5.74, 6) is 1.21. The fourth-order valence-corrected chi connectivity index (χ4v) is 5.12. The number of hydrogen-bond acceptors (Lipinski definition) is 8. The topological polar surface area (TPSA) is 99.2 Å². The predicted molar refractivity (Wildman–Crippen MR) is 134 cm³/mol. The van der Waals surface area contributed by atoms with Gasteiger partial charge in [-0.3, -0.25) is 9.59 Å². The second-order valence-electron chi connectivity index (χ2n) is 9.78. The van der Waals surface area contributed by atoms with E-state index in [4.69, 9.17) is 14.7 Å². The summed E-state index contributed by atoms with van der Waals surface area (Å²) in [6.07, 6.45) is 1.47. The Labute approximate surface area is 210 Å². The van der Waals surface area contributed by atoms with Gasteiger partial charge in [0.15, 0.2) is 0 Å². The van der Waals surface area contributed by atoms with Gasteiger partial charge >= 0.3 is 5.97 Å². The number of nitrogens with zero attached hydrogens (tertiary/aromatic N) is 6. The van der Waals surface area contributed by atoms with Gasteiger partial charge in [-0.1, -0.05) is 18.2 Å². The molecule has 0 saturated carbocycles. The fraction of sp³-hybridized carbons (Fsp3) is 0.500. The van der Waals surface area contributed by atoms with Crippen molar-refractivity contribution < 1.29 is 19.1 Å². The highest BCUT2D eigenvalue weighted by Crippen LogP contribution is 2.36. The van der Waals surface area contributed by atoms with Gasteiger partial charge in [0.1, 0.15) is 23.3 Å². The van der Waals surface area contributed by atoms with Crippen molar-refractivity contribution in [3.05, 3.63) is 41.6 Å². The van der Waals surface area contributed by atoms with Gasteiger partial charge in [0, 0.05) is 51.3 Å². The maximum Gasteiger partial charge on any atom is 0.334 e. The van der Waals surface area contributed by atoms with Gasteiger partial charge < -0.3 is 24.3 Å². The summed E-state index contributed by atoms with van der Waals surface area (Å²) in [5.41, 5.74) is 1.17. The number of carbonyl (C=O) groups is 3. The van der Waals surface area contributed by atoms with Crippen molar-refractivity contribution in [1.29, 1.82) is 0 Å². The van der Waals surface area contributed by atoms with E-state index in [0.717, 1.165) is 12.0 Å². The van der Waals surface area contributed by atoms with Crippen LogP contribution in [0.1, 0.15) is 49.7 Å². The molecule has 2 fully saturated rings. The van der Waals surface area contributed by atoms with E-state index in [1.807, 2.05) is 41.8 Å². The highest BCUT2D eigenvalue weighted by molar-refractivity contribution is 5.99. The molecular weight excluding hydrogens is 460 g/mol. The lowest BCUT2D eigenvalue weighted by Gasteiger charge is -2.35. The van der Waals surface area contributed by atoms with E-state index in [-0.39, 0.29) is 23.8 Å². The molecule has 0 bridgehead atoms. The molecule has 190 valence electrons. The first-order valence-corrected chi connectivity index (χ1v) is 12.6. The Morgan fingerprint density at radius 3 is 2.42 bits per heavy atom. The second kappa shape index (κ2) is 9.75. The molecule has 3 aliphatic rings. The molecule has 1 aromatic heterocycles. The van der Waals surface area contributed by atoms with E-state index >= 15 is 0 Å². The van der Waals surface area contributed by atoms with Crippen molar-refractivity contribution in [2.45, 2.75) is 52.2 Å². The Balaban J connectivity index is 1.48. The molecule has 3 aliphatic heterocycles. The van der Waals surface area contributed by atoms with E-state index in [9.17, 15) is 14.4 Å². The number of anilines is 2. The largest absolute Gasteiger partial charge is 0.425 e. The fourth-order valence-electron chi connectivity index (χ4n) is 5.12. The smallest absolute Gasteiger partial charge is 0.334 e. The van der Waals surface area contributed by atoms with Gasteiger partial charge in [0.25, 0.3) is 5.91 Å². The predicted octanol–water partition coefficient (Wildman–Crippen LogP) is 2.08. The van der Waals surface area contributed by atoms with Crippen LogP contribution in [-0.4, -0.2) is 82.4 Å². The van der Waals surface area contributed by atoms with Crippen molar-refractivity contribution in [2.75, 3.05) is 42.5 Å². The van der Waals surface area contributed by atoms with Crippen molar-refractivity contribution in [3.8, 4) is 5.75 Å². The van der Waals surface area contributed by atoms with Crippen LogP contribution >= 0.6 is 0 Å². The number of amides is 2. The lowest BCUT2D eigenvalue weighted by molar-refractivity contribution is -0.135. The van der Waals surface area contributed by atoms with Gasteiger partial charge in [-0.2, -0.15) is 4.98 Å². The highest BCUT2D eigenvalue weighted by Gasteiger charge is 2.40. The Bertz CT molecular complexity index is 1160. The summed E-state index contributed by atoms with van der Waals surface area (Å²) in [6, 6.07) is 8.58. The summed E-state index contributed by atoms with van der Waals surface area (Å²) in [6.45, 7) is 8.91. The van der Waals surface area contributed by atoms with Crippen molar-refractivity contribution >= 4 is 29.5 Å². The number of esters is 1. The molecule has 0 unspecified atom stereocenters. The SMILES string of the molecule is CC(=O)N1CCN(c2nc3c(c(N4CCC[C@@H]4C(=O)Oc4ccccc4)n2)CN(C(C)C)C3=O)CC1. The van der Waals surface area contributed by atoms with Crippen LogP contribution in [0.15, 0.2) is 30.3 Å². The van der Waals surface area contributed by atoms with E-state index in [1.165, 1.54) is 0 Å². The van der Waals surface area contributed by atoms with E-state index in [2.05, 4.69) is 0 Å². The van der Waals surface area contributed by atoms with Gasteiger partial charge in [-0.15, -0.1) is 0 Å². The average molecular weight is 493 g/mol. The van der Waals surface area contributed by atoms with Crippen LogP contribution in [-0.2, 0) is 16.1 Å². The molecule has 2 saturated heterocycles. The van der Waals surface area contributed by atoms with Gasteiger partial charge in [-0.25, -0.2) is 9.78 Å². The number of hydrogen-bond donors (Lipinski definition) is 0. The zero-order valence-corrected chi connectivity index (χ0v) is 21.0. The molecule has 10 heteroatoms. The van der Waals surface area contributed by atoms with Crippen LogP contribution in [0.2, 0.25) is 0 Å². The summed E-state index contributed by atoms with van der Waals surface area (Å²) in [7, 11) is 0. The first kappa shape index (κ1) is 24.0. The zero-order valence-electron chi connectivity index (χ0n) is 21.0. The standard InChI is InChI=1S/C26H32N6O4/c1-17(2)32-16-20-22(24(32)34)27-26(30-14-12-29(13-15-30)18(3)33)28-23(20)31-11-7-10-21(31)25(35)36-19-8-5-4-6-9-19/h4-6,8-9,17,21H,7,10-16H2,1-3H3/t21-/m1/s1. The minimum atomic E-state index is -0.491. The van der Waals surface area contributed by atoms with Crippen LogP contribution in [0.25, 0.3) is 0 Å². The van der Waals surface area contributed by atoms with Crippen molar-refractivity contribution in [3.63, 3.8) is 0 Å². The van der Waals surface area contributed by atoms with Gasteiger partial charge in [0.05, 0.1) is 6.54 Å². The molecule has 0 spiro atoms. The molecule has 2 aromatic rings. The highest BCUT2D eigenvalue weighted by atomic mass is 16.5. The van der Waals surface area contributed by atoms with Crippen LogP contribution < -0.4 is 14.5 Å². The lowest BCUT2D eigenvalue weighted by Crippen LogP contribution is -2.49. The van der Waals surface area contributed by atoms with Crippen LogP contribution in [0.3, 0.4) is 0 Å². The quantitative estimate of drug-likeness (QED) is 0.462. The third-order valence-electron chi connectivity index (χ3n) is 7.16. The monoisotopic (exact) mass is 492 g/mol. The molecule has 1 atom stereocenters. The summed E-state index contributed by atoms with van der Waals surface area (Å²) in [4.78, 5) is 55.5. The average Bonchev–Trinajstić information content (AvgIpc) is 3.49. The Morgan fingerprint density at radius 1 is 1.03 bits per heavy atom. The molecule has 5 rings (SSSR count). The van der Waals surface area contributed by atoms with Gasteiger partial charge in [-0.05, 0) is 38.8 Å². The normalized spacial score (nSPS) is 19.8. The third kappa shape index (κ3) is 4.47. The van der Waals surface area contributed by atoms with E-state index in [1.54, 1.807) is 28.9 Å². The first-order valence-electron chi connectivity index (χ1n) is 12.6. The number of aromatic nitrogens is 2. The van der Waals surface area contributed by atoms with Crippen LogP contribution in [0, 0.1) is 0 Å². The van der Waals surface area contributed by atoms with E-state index in [0.29, 0.717) is 68.9 Å². The molecule has 10 nitrogen and oxygen atoms in total. The van der Waals surface area contributed by atoms with Gasteiger partial charge in [0.2, 0.25) is 11.9 Å². The van der Waals surface area contributed by atoms with E-state index < -0.39 is 6.04 Å². The molecular formula is C26H32N6O4. The summed E-state index contributed by atoms with van der Waals surface area (Å²) in [5, 5.41) is 0. The molecule has 0 aliphatic carbocycles. The zero-order chi connectivity index (χ0) is 25.4. The van der Waals surface area contributed by atoms with Crippen LogP contribution in [0.4, 0.5) is 11.8 Å². The Hall–Kier alpha value is -3.69. The molecule has 1 aromatic carbocycles. The number of piperazine rings is 1. The Morgan fingerprint density at radius 2 is 1.75 bits per heavy atom. The Kier molecular flexibility index (Phi) is 6.51. The minimum Gasteiger partial charge on any atom is -0.425 e. The second-order valence-corrected chi connectivity index (χ2v) is 9.78. The first-order chi connectivity index (χ1) is 17.3. The number of rotatable bonds is 5. The molecule has 2 amide bonds. The number of carbonyl (C=O) groups excluding carboxylic acids is 3.